The molecule has 0 fully saturated rings. The number of benzene rings is 1. The molecule has 20 heavy (non-hydrogen) atoms. The molecule has 0 saturated carbocycles. The van der Waals surface area contributed by atoms with Gasteiger partial charge in [-0.1, -0.05) is 6.07 Å². The van der Waals surface area contributed by atoms with Crippen molar-refractivity contribution in [1.82, 2.24) is 20.6 Å². The van der Waals surface area contributed by atoms with Crippen molar-refractivity contribution >= 4 is 11.3 Å². The summed E-state index contributed by atoms with van der Waals surface area (Å²) in [4.78, 5) is 0. The van der Waals surface area contributed by atoms with Gasteiger partial charge in [-0.2, -0.15) is 15.7 Å². The second-order valence-electron chi connectivity index (χ2n) is 4.14. The lowest BCUT2D eigenvalue weighted by atomic mass is 10.0. The van der Waals surface area contributed by atoms with Gasteiger partial charge in [0.25, 0.3) is 0 Å². The number of aromatic amines is 1. The predicted octanol–water partition coefficient (Wildman–Crippen LogP) is 1.66. The molecule has 1 aromatic heterocycles. The molecule has 0 amide bonds. The average Bonchev–Trinajstić information content (AvgIpc) is 2.95. The van der Waals surface area contributed by atoms with Crippen molar-refractivity contribution in [3.8, 4) is 12.1 Å². The molecule has 2 aromatic rings. The number of rotatable bonds is 3. The van der Waals surface area contributed by atoms with Crippen LogP contribution in [0.25, 0.3) is 5.57 Å². The summed E-state index contributed by atoms with van der Waals surface area (Å²) in [7, 11) is 0. The SMILES string of the molecule is Cc1cc(C)c(NC=C(C#N)c2nn[nH]n2)cc1C#N. The molecule has 1 aromatic carbocycles. The number of anilines is 1. The highest BCUT2D eigenvalue weighted by Crippen LogP contribution is 2.21. The molecule has 0 bridgehead atoms. The standard InChI is InChI=1S/C13H11N7/c1-8-3-9(2)12(4-10(8)5-14)16-7-11(6-15)13-17-19-20-18-13/h3-4,7,16H,1-2H3,(H,17,18,19,20). The van der Waals surface area contributed by atoms with E-state index < -0.39 is 0 Å². The van der Waals surface area contributed by atoms with Crippen LogP contribution in [0.2, 0.25) is 0 Å². The third kappa shape index (κ3) is 2.62. The molecule has 1 heterocycles. The summed E-state index contributed by atoms with van der Waals surface area (Å²) >= 11 is 0. The Morgan fingerprint density at radius 3 is 2.70 bits per heavy atom. The number of aryl methyl sites for hydroxylation is 2. The molecular weight excluding hydrogens is 254 g/mol. The number of hydrogen-bond acceptors (Lipinski definition) is 6. The third-order valence-corrected chi connectivity index (χ3v) is 2.77. The Labute approximate surface area is 115 Å². The van der Waals surface area contributed by atoms with Crippen LogP contribution in [0.4, 0.5) is 5.69 Å². The molecule has 0 spiro atoms. The zero-order chi connectivity index (χ0) is 14.5. The quantitative estimate of drug-likeness (QED) is 0.816. The monoisotopic (exact) mass is 265 g/mol. The molecule has 0 saturated heterocycles. The molecule has 0 atom stereocenters. The Kier molecular flexibility index (Phi) is 3.73. The summed E-state index contributed by atoms with van der Waals surface area (Å²) in [5.74, 6) is 0.213. The van der Waals surface area contributed by atoms with Gasteiger partial charge in [-0.25, -0.2) is 0 Å². The van der Waals surface area contributed by atoms with Gasteiger partial charge in [0.15, 0.2) is 0 Å². The van der Waals surface area contributed by atoms with Crippen molar-refractivity contribution in [2.24, 2.45) is 0 Å². The Hall–Kier alpha value is -3.19. The minimum absolute atomic E-state index is 0.213. The van der Waals surface area contributed by atoms with E-state index in [1.54, 1.807) is 6.07 Å². The summed E-state index contributed by atoms with van der Waals surface area (Å²) in [6.07, 6.45) is 1.49. The number of hydrogen-bond donors (Lipinski definition) is 2. The van der Waals surface area contributed by atoms with E-state index in [-0.39, 0.29) is 11.4 Å². The largest absolute Gasteiger partial charge is 0.360 e. The number of nitriles is 2. The molecule has 7 nitrogen and oxygen atoms in total. The van der Waals surface area contributed by atoms with Crippen LogP contribution in [0.1, 0.15) is 22.5 Å². The van der Waals surface area contributed by atoms with Crippen molar-refractivity contribution in [2.75, 3.05) is 5.32 Å². The second kappa shape index (κ2) is 5.63. The van der Waals surface area contributed by atoms with Gasteiger partial charge in [-0.15, -0.1) is 10.2 Å². The molecule has 2 rings (SSSR count). The summed E-state index contributed by atoms with van der Waals surface area (Å²) in [6.45, 7) is 3.80. The molecule has 0 radical (unpaired) electrons. The van der Waals surface area contributed by atoms with Gasteiger partial charge >= 0.3 is 0 Å². The fourth-order valence-corrected chi connectivity index (χ4v) is 1.70. The van der Waals surface area contributed by atoms with E-state index in [0.717, 1.165) is 16.8 Å². The Morgan fingerprint density at radius 2 is 2.10 bits per heavy atom. The molecule has 0 aliphatic rings. The molecule has 0 aliphatic carbocycles. The van der Waals surface area contributed by atoms with Crippen molar-refractivity contribution in [3.63, 3.8) is 0 Å². The number of H-pyrrole nitrogens is 1. The zero-order valence-corrected chi connectivity index (χ0v) is 11.0. The van der Waals surface area contributed by atoms with Crippen molar-refractivity contribution in [3.05, 3.63) is 40.8 Å². The number of nitrogens with zero attached hydrogens (tertiary/aromatic N) is 5. The number of aromatic nitrogens is 4. The molecule has 2 N–H and O–H groups in total. The smallest absolute Gasteiger partial charge is 0.216 e. The Bertz CT molecular complexity index is 729. The first-order chi connectivity index (χ1) is 9.65. The highest BCUT2D eigenvalue weighted by molar-refractivity contribution is 5.74. The minimum Gasteiger partial charge on any atom is -0.360 e. The lowest BCUT2D eigenvalue weighted by molar-refractivity contribution is 0.881. The van der Waals surface area contributed by atoms with E-state index in [4.69, 9.17) is 10.5 Å². The van der Waals surface area contributed by atoms with E-state index in [1.807, 2.05) is 26.0 Å². The predicted molar refractivity (Wildman–Crippen MR) is 72.0 cm³/mol. The fraction of sp³-hybridized carbons (Fsp3) is 0.154. The topological polar surface area (TPSA) is 114 Å². The van der Waals surface area contributed by atoms with E-state index in [0.29, 0.717) is 5.56 Å². The molecular formula is C13H11N7. The van der Waals surface area contributed by atoms with E-state index >= 15 is 0 Å². The van der Waals surface area contributed by atoms with Gasteiger partial charge in [0.05, 0.1) is 11.6 Å². The Balaban J connectivity index is 2.31. The van der Waals surface area contributed by atoms with E-state index in [9.17, 15) is 0 Å². The summed E-state index contributed by atoms with van der Waals surface area (Å²) in [5, 5.41) is 34.3. The maximum absolute atomic E-state index is 9.06. The first-order valence-electron chi connectivity index (χ1n) is 5.77. The van der Waals surface area contributed by atoms with Crippen LogP contribution in [0.5, 0.6) is 0 Å². The first kappa shape index (κ1) is 13.2. The van der Waals surface area contributed by atoms with Crippen LogP contribution in [0.3, 0.4) is 0 Å². The minimum atomic E-state index is 0.213. The highest BCUT2D eigenvalue weighted by Gasteiger charge is 2.07. The van der Waals surface area contributed by atoms with E-state index in [2.05, 4.69) is 32.0 Å². The van der Waals surface area contributed by atoms with Crippen LogP contribution in [-0.2, 0) is 0 Å². The van der Waals surface area contributed by atoms with Crippen LogP contribution in [-0.4, -0.2) is 20.6 Å². The molecule has 0 aliphatic heterocycles. The average molecular weight is 265 g/mol. The van der Waals surface area contributed by atoms with Gasteiger partial charge < -0.3 is 5.32 Å². The lowest BCUT2D eigenvalue weighted by Gasteiger charge is -2.08. The number of allylic oxidation sites excluding steroid dienone is 1. The van der Waals surface area contributed by atoms with Gasteiger partial charge in [-0.05, 0) is 36.3 Å². The number of nitrogens with one attached hydrogen (secondary N) is 2. The second-order valence-corrected chi connectivity index (χ2v) is 4.14. The van der Waals surface area contributed by atoms with Crippen molar-refractivity contribution in [2.45, 2.75) is 13.8 Å². The first-order valence-corrected chi connectivity index (χ1v) is 5.77. The Morgan fingerprint density at radius 1 is 1.30 bits per heavy atom. The van der Waals surface area contributed by atoms with Crippen LogP contribution in [0, 0.1) is 36.5 Å². The van der Waals surface area contributed by atoms with Crippen molar-refractivity contribution < 1.29 is 0 Å². The highest BCUT2D eigenvalue weighted by atomic mass is 15.5. The fourth-order valence-electron chi connectivity index (χ4n) is 1.70. The van der Waals surface area contributed by atoms with E-state index in [1.165, 1.54) is 6.20 Å². The third-order valence-electron chi connectivity index (χ3n) is 2.77. The van der Waals surface area contributed by atoms with Gasteiger partial charge in [0.1, 0.15) is 11.6 Å². The molecule has 7 heteroatoms. The van der Waals surface area contributed by atoms with Crippen LogP contribution in [0.15, 0.2) is 18.3 Å². The normalized spacial score (nSPS) is 10.7. The lowest BCUT2D eigenvalue weighted by Crippen LogP contribution is -1.97. The summed E-state index contributed by atoms with van der Waals surface area (Å²) in [5.41, 5.74) is 3.48. The summed E-state index contributed by atoms with van der Waals surface area (Å²) < 4.78 is 0. The molecule has 0 unspecified atom stereocenters. The zero-order valence-electron chi connectivity index (χ0n) is 11.0. The number of tetrazole rings is 1. The summed E-state index contributed by atoms with van der Waals surface area (Å²) in [6, 6.07) is 7.76. The van der Waals surface area contributed by atoms with Gasteiger partial charge in [0.2, 0.25) is 5.82 Å². The maximum Gasteiger partial charge on any atom is 0.216 e. The van der Waals surface area contributed by atoms with Crippen LogP contribution >= 0.6 is 0 Å². The van der Waals surface area contributed by atoms with Gasteiger partial charge in [0, 0.05) is 11.9 Å². The maximum atomic E-state index is 9.06. The van der Waals surface area contributed by atoms with Crippen molar-refractivity contribution in [1.29, 1.82) is 10.5 Å². The van der Waals surface area contributed by atoms with Gasteiger partial charge in [-0.3, -0.25) is 0 Å². The molecule has 98 valence electrons. The van der Waals surface area contributed by atoms with Crippen LogP contribution < -0.4 is 5.32 Å².